The van der Waals surface area contributed by atoms with Crippen LogP contribution in [0.5, 0.6) is 0 Å². The van der Waals surface area contributed by atoms with Crippen molar-refractivity contribution in [2.24, 2.45) is 0 Å². The van der Waals surface area contributed by atoms with Crippen LogP contribution in [-0.4, -0.2) is 25.7 Å². The van der Waals surface area contributed by atoms with Crippen molar-refractivity contribution in [2.45, 2.75) is 6.92 Å². The summed E-state index contributed by atoms with van der Waals surface area (Å²) in [4.78, 5) is 21.0. The van der Waals surface area contributed by atoms with Gasteiger partial charge >= 0.3 is 0 Å². The van der Waals surface area contributed by atoms with Crippen LogP contribution in [0, 0.1) is 6.92 Å². The summed E-state index contributed by atoms with van der Waals surface area (Å²) in [5.74, 6) is 1.85. The minimum absolute atomic E-state index is 0.142. The van der Waals surface area contributed by atoms with Gasteiger partial charge in [-0.2, -0.15) is 5.10 Å². The van der Waals surface area contributed by atoms with E-state index in [1.165, 1.54) is 0 Å². The van der Waals surface area contributed by atoms with Crippen LogP contribution in [0.1, 0.15) is 16.2 Å². The fourth-order valence-electron chi connectivity index (χ4n) is 2.72. The monoisotopic (exact) mass is 370 g/mol. The molecule has 0 atom stereocenters. The third-order valence-corrected chi connectivity index (χ3v) is 4.01. The molecule has 0 fully saturated rings. The smallest absolute Gasteiger partial charge is 0.255 e. The topological polar surface area (TPSA) is 84.7 Å². The number of nitrogens with one attached hydrogen (secondary N) is 2. The van der Waals surface area contributed by atoms with Crippen LogP contribution in [0.3, 0.4) is 0 Å². The molecular weight excluding hydrogens is 352 g/mol. The van der Waals surface area contributed by atoms with E-state index in [9.17, 15) is 4.79 Å². The molecule has 0 aliphatic carbocycles. The molecule has 2 N–H and O–H groups in total. The van der Waals surface area contributed by atoms with Crippen LogP contribution in [0.15, 0.2) is 79.1 Å². The van der Waals surface area contributed by atoms with Crippen LogP contribution in [0.4, 0.5) is 17.2 Å². The maximum atomic E-state index is 12.2. The van der Waals surface area contributed by atoms with Crippen molar-refractivity contribution >= 4 is 23.1 Å². The first kappa shape index (κ1) is 17.4. The van der Waals surface area contributed by atoms with E-state index in [2.05, 4.69) is 25.7 Å². The Morgan fingerprint density at radius 2 is 1.68 bits per heavy atom. The van der Waals surface area contributed by atoms with Crippen LogP contribution in [0.2, 0.25) is 0 Å². The molecule has 0 saturated heterocycles. The maximum Gasteiger partial charge on any atom is 0.255 e. The lowest BCUT2D eigenvalue weighted by atomic mass is 10.2. The SMILES string of the molecule is Cc1nc(Nc2ccc(NC(=O)c3ccccc3)cc2)cc(-n2cccn2)n1. The molecule has 0 unspecified atom stereocenters. The number of benzene rings is 2. The first-order valence-corrected chi connectivity index (χ1v) is 8.76. The Kier molecular flexibility index (Phi) is 4.79. The highest BCUT2D eigenvalue weighted by Crippen LogP contribution is 2.19. The average molecular weight is 370 g/mol. The Labute approximate surface area is 162 Å². The van der Waals surface area contributed by atoms with E-state index in [1.54, 1.807) is 23.0 Å². The van der Waals surface area contributed by atoms with Crippen molar-refractivity contribution < 1.29 is 4.79 Å². The second-order valence-electron chi connectivity index (χ2n) is 6.13. The molecule has 4 aromatic rings. The molecule has 0 saturated carbocycles. The minimum Gasteiger partial charge on any atom is -0.340 e. The van der Waals surface area contributed by atoms with Crippen LogP contribution >= 0.6 is 0 Å². The second-order valence-corrected chi connectivity index (χ2v) is 6.13. The summed E-state index contributed by atoms with van der Waals surface area (Å²) in [6, 6.07) is 20.2. The van der Waals surface area contributed by atoms with E-state index < -0.39 is 0 Å². The molecule has 0 aliphatic rings. The second kappa shape index (κ2) is 7.71. The number of carbonyl (C=O) groups is 1. The highest BCUT2D eigenvalue weighted by Gasteiger charge is 2.07. The lowest BCUT2D eigenvalue weighted by Crippen LogP contribution is -2.11. The third kappa shape index (κ3) is 4.04. The fourth-order valence-corrected chi connectivity index (χ4v) is 2.72. The Balaban J connectivity index is 1.47. The molecule has 0 radical (unpaired) electrons. The molecule has 0 spiro atoms. The normalized spacial score (nSPS) is 10.5. The summed E-state index contributed by atoms with van der Waals surface area (Å²) in [5, 5.41) is 10.3. The average Bonchev–Trinajstić information content (AvgIpc) is 3.25. The lowest BCUT2D eigenvalue weighted by Gasteiger charge is -2.10. The van der Waals surface area contributed by atoms with Gasteiger partial charge in [0.25, 0.3) is 5.91 Å². The molecule has 0 aliphatic heterocycles. The largest absolute Gasteiger partial charge is 0.340 e. The standard InChI is InChI=1S/C21H18N6O/c1-15-23-19(14-20(24-15)27-13-5-12-22-27)25-17-8-10-18(11-9-17)26-21(28)16-6-3-2-4-7-16/h2-14H,1H3,(H,26,28)(H,23,24,25). The number of hydrogen-bond donors (Lipinski definition) is 2. The van der Waals surface area contributed by atoms with Crippen molar-refractivity contribution in [3.05, 3.63) is 90.5 Å². The van der Waals surface area contributed by atoms with Crippen LogP contribution < -0.4 is 10.6 Å². The van der Waals surface area contributed by atoms with Crippen molar-refractivity contribution in [2.75, 3.05) is 10.6 Å². The van der Waals surface area contributed by atoms with Crippen molar-refractivity contribution in [1.29, 1.82) is 0 Å². The molecule has 7 heteroatoms. The quantitative estimate of drug-likeness (QED) is 0.555. The van der Waals surface area contributed by atoms with Gasteiger partial charge in [-0.1, -0.05) is 18.2 Å². The Hall–Kier alpha value is -4.00. The van der Waals surface area contributed by atoms with Crippen molar-refractivity contribution in [1.82, 2.24) is 19.7 Å². The molecule has 2 aromatic heterocycles. The molecule has 138 valence electrons. The van der Waals surface area contributed by atoms with Gasteiger partial charge in [0, 0.05) is 35.4 Å². The van der Waals surface area contributed by atoms with Gasteiger partial charge in [-0.05, 0) is 49.4 Å². The van der Waals surface area contributed by atoms with Gasteiger partial charge in [-0.3, -0.25) is 4.79 Å². The third-order valence-electron chi connectivity index (χ3n) is 4.01. The summed E-state index contributed by atoms with van der Waals surface area (Å²) in [6.45, 7) is 1.83. The van der Waals surface area contributed by atoms with Gasteiger partial charge in [0.1, 0.15) is 11.6 Å². The number of amides is 1. The summed E-state index contributed by atoms with van der Waals surface area (Å²) >= 11 is 0. The van der Waals surface area contributed by atoms with Gasteiger partial charge in [0.05, 0.1) is 0 Å². The van der Waals surface area contributed by atoms with Crippen LogP contribution in [-0.2, 0) is 0 Å². The summed E-state index contributed by atoms with van der Waals surface area (Å²) in [7, 11) is 0. The Bertz CT molecular complexity index is 1080. The van der Waals surface area contributed by atoms with Gasteiger partial charge in [-0.25, -0.2) is 14.6 Å². The lowest BCUT2D eigenvalue weighted by molar-refractivity contribution is 0.102. The van der Waals surface area contributed by atoms with E-state index in [0.29, 0.717) is 23.0 Å². The number of hydrogen-bond acceptors (Lipinski definition) is 5. The molecular formula is C21H18N6O. The predicted octanol–water partition coefficient (Wildman–Crippen LogP) is 3.97. The zero-order valence-electron chi connectivity index (χ0n) is 15.2. The van der Waals surface area contributed by atoms with Crippen molar-refractivity contribution in [3.8, 4) is 5.82 Å². The molecule has 4 rings (SSSR count). The Morgan fingerprint density at radius 1 is 0.929 bits per heavy atom. The zero-order valence-corrected chi connectivity index (χ0v) is 15.2. The van der Waals surface area contributed by atoms with E-state index in [4.69, 9.17) is 0 Å². The number of anilines is 3. The molecule has 7 nitrogen and oxygen atoms in total. The number of nitrogens with zero attached hydrogens (tertiary/aromatic N) is 4. The van der Waals surface area contributed by atoms with Gasteiger partial charge in [-0.15, -0.1) is 0 Å². The van der Waals surface area contributed by atoms with E-state index in [1.807, 2.05) is 67.7 Å². The van der Waals surface area contributed by atoms with E-state index >= 15 is 0 Å². The Morgan fingerprint density at radius 3 is 2.39 bits per heavy atom. The summed E-state index contributed by atoms with van der Waals surface area (Å²) in [5.41, 5.74) is 2.19. The first-order valence-electron chi connectivity index (χ1n) is 8.76. The predicted molar refractivity (Wildman–Crippen MR) is 108 cm³/mol. The van der Waals surface area contributed by atoms with Gasteiger partial charge < -0.3 is 10.6 Å². The molecule has 0 bridgehead atoms. The molecule has 1 amide bonds. The van der Waals surface area contributed by atoms with E-state index in [-0.39, 0.29) is 5.91 Å². The molecule has 28 heavy (non-hydrogen) atoms. The van der Waals surface area contributed by atoms with Crippen molar-refractivity contribution in [3.63, 3.8) is 0 Å². The molecule has 2 aromatic carbocycles. The van der Waals surface area contributed by atoms with E-state index in [0.717, 1.165) is 11.4 Å². The fraction of sp³-hybridized carbons (Fsp3) is 0.0476. The number of rotatable bonds is 5. The number of carbonyl (C=O) groups excluding carboxylic acids is 1. The highest BCUT2D eigenvalue weighted by molar-refractivity contribution is 6.04. The van der Waals surface area contributed by atoms with Gasteiger partial charge in [0.2, 0.25) is 0 Å². The number of aryl methyl sites for hydroxylation is 1. The summed E-state index contributed by atoms with van der Waals surface area (Å²) in [6.07, 6.45) is 3.53. The summed E-state index contributed by atoms with van der Waals surface area (Å²) < 4.78 is 1.68. The highest BCUT2D eigenvalue weighted by atomic mass is 16.1. The molecule has 2 heterocycles. The van der Waals surface area contributed by atoms with Crippen LogP contribution in [0.25, 0.3) is 5.82 Å². The van der Waals surface area contributed by atoms with Gasteiger partial charge in [0.15, 0.2) is 5.82 Å². The minimum atomic E-state index is -0.142. The zero-order chi connectivity index (χ0) is 19.3. The number of aromatic nitrogens is 4. The first-order chi connectivity index (χ1) is 13.7. The maximum absolute atomic E-state index is 12.2.